The van der Waals surface area contributed by atoms with Gasteiger partial charge in [0.05, 0.1) is 5.69 Å². The molecule has 3 heteroatoms. The van der Waals surface area contributed by atoms with Gasteiger partial charge in [0.2, 0.25) is 0 Å². The second-order valence-corrected chi connectivity index (χ2v) is 4.83. The van der Waals surface area contributed by atoms with Crippen molar-refractivity contribution < 1.29 is 4.79 Å². The maximum absolute atomic E-state index is 12.3. The molecule has 2 aromatic carbocycles. The molecule has 2 amide bonds. The Morgan fingerprint density at radius 2 is 1.85 bits per heavy atom. The van der Waals surface area contributed by atoms with Crippen molar-refractivity contribution in [2.45, 2.75) is 26.7 Å². The van der Waals surface area contributed by atoms with E-state index in [1.54, 1.807) is 4.90 Å². The van der Waals surface area contributed by atoms with Crippen LogP contribution in [-0.2, 0) is 0 Å². The summed E-state index contributed by atoms with van der Waals surface area (Å²) in [4.78, 5) is 14.1. The van der Waals surface area contributed by atoms with E-state index in [2.05, 4.69) is 30.4 Å². The van der Waals surface area contributed by atoms with Crippen molar-refractivity contribution in [3.05, 3.63) is 42.5 Å². The first-order valence-electron chi connectivity index (χ1n) is 7.31. The van der Waals surface area contributed by atoms with Crippen LogP contribution in [0.2, 0.25) is 0 Å². The molecule has 2 rings (SSSR count). The molecule has 0 saturated heterocycles. The van der Waals surface area contributed by atoms with Crippen LogP contribution < -0.4 is 10.2 Å². The quantitative estimate of drug-likeness (QED) is 0.812. The van der Waals surface area contributed by atoms with E-state index in [-0.39, 0.29) is 6.03 Å². The van der Waals surface area contributed by atoms with E-state index in [0.717, 1.165) is 35.8 Å². The molecule has 0 spiro atoms. The minimum atomic E-state index is -0.0164. The van der Waals surface area contributed by atoms with Crippen molar-refractivity contribution in [1.29, 1.82) is 0 Å². The number of carbonyl (C=O) groups is 1. The molecule has 3 nitrogen and oxygen atoms in total. The zero-order valence-corrected chi connectivity index (χ0v) is 12.2. The summed E-state index contributed by atoms with van der Waals surface area (Å²) in [5.74, 6) is 0. The number of nitrogens with one attached hydrogen (secondary N) is 1. The molecule has 0 heterocycles. The first-order valence-corrected chi connectivity index (χ1v) is 7.31. The van der Waals surface area contributed by atoms with Crippen molar-refractivity contribution in [1.82, 2.24) is 5.32 Å². The Bertz CT molecular complexity index is 575. The Balaban J connectivity index is 2.27. The molecule has 0 aromatic heterocycles. The van der Waals surface area contributed by atoms with Crippen LogP contribution in [0.15, 0.2) is 42.5 Å². The maximum Gasteiger partial charge on any atom is 0.321 e. The molecule has 0 radical (unpaired) electrons. The molecule has 2 aromatic rings. The first-order chi connectivity index (χ1) is 9.77. The monoisotopic (exact) mass is 270 g/mol. The van der Waals surface area contributed by atoms with Gasteiger partial charge in [-0.25, -0.2) is 4.79 Å². The summed E-state index contributed by atoms with van der Waals surface area (Å²) >= 11 is 0. The Kier molecular flexibility index (Phi) is 4.99. The highest BCUT2D eigenvalue weighted by molar-refractivity contribution is 6.03. The number of rotatable bonds is 5. The highest BCUT2D eigenvalue weighted by Gasteiger charge is 2.15. The standard InChI is InChI=1S/C17H22N2O/c1-3-5-13-18-17(20)19(4-2)16-12-8-10-14-9-6-7-11-15(14)16/h6-12H,3-5,13H2,1-2H3,(H,18,20). The van der Waals surface area contributed by atoms with E-state index < -0.39 is 0 Å². The second kappa shape index (κ2) is 6.94. The zero-order valence-electron chi connectivity index (χ0n) is 12.2. The van der Waals surface area contributed by atoms with Crippen molar-refractivity contribution in [3.63, 3.8) is 0 Å². The summed E-state index contributed by atoms with van der Waals surface area (Å²) in [6, 6.07) is 14.2. The van der Waals surface area contributed by atoms with Crippen LogP contribution in [0.4, 0.5) is 10.5 Å². The number of fused-ring (bicyclic) bond motifs is 1. The number of carbonyl (C=O) groups excluding carboxylic acids is 1. The average Bonchev–Trinajstić information content (AvgIpc) is 2.48. The van der Waals surface area contributed by atoms with Crippen LogP contribution in [-0.4, -0.2) is 19.1 Å². The van der Waals surface area contributed by atoms with Gasteiger partial charge in [-0.1, -0.05) is 49.7 Å². The number of urea groups is 1. The summed E-state index contributed by atoms with van der Waals surface area (Å²) in [7, 11) is 0. The topological polar surface area (TPSA) is 32.3 Å². The highest BCUT2D eigenvalue weighted by Crippen LogP contribution is 2.26. The van der Waals surface area contributed by atoms with E-state index in [1.807, 2.05) is 31.2 Å². The summed E-state index contributed by atoms with van der Waals surface area (Å²) in [5, 5.41) is 5.26. The Morgan fingerprint density at radius 1 is 1.10 bits per heavy atom. The number of hydrogen-bond donors (Lipinski definition) is 1. The highest BCUT2D eigenvalue weighted by atomic mass is 16.2. The molecule has 20 heavy (non-hydrogen) atoms. The molecular formula is C17H22N2O. The third-order valence-electron chi connectivity index (χ3n) is 3.43. The van der Waals surface area contributed by atoms with E-state index in [0.29, 0.717) is 6.54 Å². The molecular weight excluding hydrogens is 248 g/mol. The SMILES string of the molecule is CCCCNC(=O)N(CC)c1cccc2ccccc12. The zero-order chi connectivity index (χ0) is 14.4. The predicted octanol–water partition coefficient (Wildman–Crippen LogP) is 4.18. The lowest BCUT2D eigenvalue weighted by atomic mass is 10.1. The minimum absolute atomic E-state index is 0.0164. The van der Waals surface area contributed by atoms with Gasteiger partial charge in [0.25, 0.3) is 0 Å². The van der Waals surface area contributed by atoms with Crippen LogP contribution in [0.5, 0.6) is 0 Å². The molecule has 0 fully saturated rings. The normalized spacial score (nSPS) is 10.5. The fourth-order valence-corrected chi connectivity index (χ4v) is 2.33. The van der Waals surface area contributed by atoms with Crippen LogP contribution in [0.25, 0.3) is 10.8 Å². The molecule has 0 atom stereocenters. The molecule has 1 N–H and O–H groups in total. The average molecular weight is 270 g/mol. The summed E-state index contributed by atoms with van der Waals surface area (Å²) in [6.45, 7) is 5.51. The van der Waals surface area contributed by atoms with Crippen LogP contribution in [0.1, 0.15) is 26.7 Å². The second-order valence-electron chi connectivity index (χ2n) is 4.83. The molecule has 0 unspecified atom stereocenters. The summed E-state index contributed by atoms with van der Waals surface area (Å²) < 4.78 is 0. The Hall–Kier alpha value is -2.03. The van der Waals surface area contributed by atoms with Crippen LogP contribution in [0, 0.1) is 0 Å². The number of anilines is 1. The van der Waals surface area contributed by atoms with Crippen molar-refractivity contribution in [2.75, 3.05) is 18.0 Å². The summed E-state index contributed by atoms with van der Waals surface area (Å²) in [6.07, 6.45) is 2.10. The molecule has 0 aliphatic heterocycles. The number of amides is 2. The van der Waals surface area contributed by atoms with Gasteiger partial charge in [-0.2, -0.15) is 0 Å². The van der Waals surface area contributed by atoms with Crippen molar-refractivity contribution >= 4 is 22.5 Å². The third kappa shape index (κ3) is 3.10. The van der Waals surface area contributed by atoms with Gasteiger partial charge in [0.1, 0.15) is 0 Å². The molecule has 0 aliphatic carbocycles. The van der Waals surface area contributed by atoms with Gasteiger partial charge in [0.15, 0.2) is 0 Å². The van der Waals surface area contributed by atoms with E-state index in [1.165, 1.54) is 0 Å². The van der Waals surface area contributed by atoms with E-state index in [4.69, 9.17) is 0 Å². The molecule has 0 aliphatic rings. The lowest BCUT2D eigenvalue weighted by Gasteiger charge is -2.23. The fraction of sp³-hybridized carbons (Fsp3) is 0.353. The Morgan fingerprint density at radius 3 is 2.60 bits per heavy atom. The lowest BCUT2D eigenvalue weighted by molar-refractivity contribution is 0.246. The van der Waals surface area contributed by atoms with Crippen molar-refractivity contribution in [2.24, 2.45) is 0 Å². The third-order valence-corrected chi connectivity index (χ3v) is 3.43. The van der Waals surface area contributed by atoms with E-state index >= 15 is 0 Å². The number of unbranched alkanes of at least 4 members (excludes halogenated alkanes) is 1. The smallest absolute Gasteiger partial charge is 0.321 e. The molecule has 106 valence electrons. The largest absolute Gasteiger partial charge is 0.338 e. The van der Waals surface area contributed by atoms with Gasteiger partial charge in [-0.3, -0.25) is 4.90 Å². The van der Waals surface area contributed by atoms with Gasteiger partial charge in [-0.15, -0.1) is 0 Å². The maximum atomic E-state index is 12.3. The number of nitrogens with zero attached hydrogens (tertiary/aromatic N) is 1. The number of benzene rings is 2. The summed E-state index contributed by atoms with van der Waals surface area (Å²) in [5.41, 5.74) is 0.972. The van der Waals surface area contributed by atoms with Gasteiger partial charge in [-0.05, 0) is 24.8 Å². The Labute approximate surface area is 120 Å². The molecule has 0 saturated carbocycles. The first kappa shape index (κ1) is 14.4. The van der Waals surface area contributed by atoms with Crippen LogP contribution >= 0.6 is 0 Å². The molecule has 0 bridgehead atoms. The minimum Gasteiger partial charge on any atom is -0.338 e. The van der Waals surface area contributed by atoms with Gasteiger partial charge in [0, 0.05) is 18.5 Å². The predicted molar refractivity (Wildman–Crippen MR) is 85.3 cm³/mol. The van der Waals surface area contributed by atoms with Crippen LogP contribution in [0.3, 0.4) is 0 Å². The van der Waals surface area contributed by atoms with Crippen molar-refractivity contribution in [3.8, 4) is 0 Å². The number of hydrogen-bond acceptors (Lipinski definition) is 1. The fourth-order valence-electron chi connectivity index (χ4n) is 2.33. The van der Waals surface area contributed by atoms with Gasteiger partial charge < -0.3 is 5.32 Å². The van der Waals surface area contributed by atoms with Gasteiger partial charge >= 0.3 is 6.03 Å². The van der Waals surface area contributed by atoms with E-state index in [9.17, 15) is 4.79 Å². The lowest BCUT2D eigenvalue weighted by Crippen LogP contribution is -2.40.